The number of rotatable bonds is 3. The predicted molar refractivity (Wildman–Crippen MR) is 91.6 cm³/mol. The Hall–Kier alpha value is -2.75. The first-order valence-corrected chi connectivity index (χ1v) is 7.55. The molecule has 0 saturated heterocycles. The molecular formula is C19H19NO3. The number of carbonyl (C=O) groups is 1. The maximum atomic E-state index is 11.5. The smallest absolute Gasteiger partial charge is 0.221 e. The van der Waals surface area contributed by atoms with Crippen molar-refractivity contribution in [2.75, 3.05) is 12.4 Å². The first-order chi connectivity index (χ1) is 11.1. The molecule has 3 rings (SSSR count). The quantitative estimate of drug-likeness (QED) is 0.905. The number of anilines is 1. The van der Waals surface area contributed by atoms with Crippen molar-refractivity contribution in [1.82, 2.24) is 0 Å². The monoisotopic (exact) mass is 309 g/mol. The Morgan fingerprint density at radius 2 is 2.00 bits per heavy atom. The fourth-order valence-electron chi connectivity index (χ4n) is 2.91. The largest absolute Gasteiger partial charge is 0.508 e. The third kappa shape index (κ3) is 3.21. The zero-order chi connectivity index (χ0) is 16.4. The Balaban J connectivity index is 2.04. The number of phenols is 1. The van der Waals surface area contributed by atoms with E-state index in [-0.39, 0.29) is 5.91 Å². The fraction of sp³-hybridized carbons (Fsp3) is 0.211. The van der Waals surface area contributed by atoms with Crippen LogP contribution in [0.5, 0.6) is 11.5 Å². The number of hydrogen-bond donors (Lipinski definition) is 2. The molecule has 2 aromatic carbocycles. The zero-order valence-corrected chi connectivity index (χ0v) is 13.2. The number of allylic oxidation sites excluding steroid dienone is 1. The minimum atomic E-state index is -0.110. The molecule has 1 aliphatic carbocycles. The third-order valence-electron chi connectivity index (χ3n) is 4.00. The lowest BCUT2D eigenvalue weighted by molar-refractivity contribution is -0.114. The topological polar surface area (TPSA) is 58.6 Å². The first-order valence-electron chi connectivity index (χ1n) is 7.55. The summed E-state index contributed by atoms with van der Waals surface area (Å²) in [6, 6.07) is 11.1. The molecule has 1 aliphatic rings. The van der Waals surface area contributed by atoms with E-state index in [0.717, 1.165) is 40.8 Å². The van der Waals surface area contributed by atoms with Crippen molar-refractivity contribution in [3.8, 4) is 11.5 Å². The van der Waals surface area contributed by atoms with Crippen molar-refractivity contribution < 1.29 is 14.6 Å². The molecule has 0 atom stereocenters. The van der Waals surface area contributed by atoms with Crippen LogP contribution in [-0.2, 0) is 11.2 Å². The van der Waals surface area contributed by atoms with Crippen molar-refractivity contribution in [3.05, 3.63) is 53.1 Å². The highest BCUT2D eigenvalue weighted by molar-refractivity contribution is 5.96. The van der Waals surface area contributed by atoms with Gasteiger partial charge in [-0.3, -0.25) is 4.79 Å². The lowest BCUT2D eigenvalue weighted by Crippen LogP contribution is -2.09. The summed E-state index contributed by atoms with van der Waals surface area (Å²) in [5, 5.41) is 12.5. The molecule has 0 heterocycles. The van der Waals surface area contributed by atoms with Crippen LogP contribution in [0.2, 0.25) is 0 Å². The normalized spacial score (nSPS) is 13.0. The highest BCUT2D eigenvalue weighted by Crippen LogP contribution is 2.36. The number of hydrogen-bond acceptors (Lipinski definition) is 3. The molecule has 0 unspecified atom stereocenters. The van der Waals surface area contributed by atoms with Crippen LogP contribution in [0.1, 0.15) is 30.0 Å². The number of aromatic hydroxyl groups is 1. The molecule has 4 nitrogen and oxygen atoms in total. The van der Waals surface area contributed by atoms with Crippen molar-refractivity contribution in [1.29, 1.82) is 0 Å². The van der Waals surface area contributed by atoms with E-state index in [9.17, 15) is 9.90 Å². The highest BCUT2D eigenvalue weighted by Gasteiger charge is 2.16. The van der Waals surface area contributed by atoms with E-state index in [0.29, 0.717) is 11.5 Å². The summed E-state index contributed by atoms with van der Waals surface area (Å²) in [6.45, 7) is 1.50. The van der Waals surface area contributed by atoms with Gasteiger partial charge in [0.2, 0.25) is 5.91 Å². The molecule has 0 aliphatic heterocycles. The van der Waals surface area contributed by atoms with Gasteiger partial charge >= 0.3 is 0 Å². The number of ether oxygens (including phenoxy) is 1. The van der Waals surface area contributed by atoms with Gasteiger partial charge in [0.1, 0.15) is 11.5 Å². The molecule has 23 heavy (non-hydrogen) atoms. The molecule has 0 fully saturated rings. The Bertz CT molecular complexity index is 793. The van der Waals surface area contributed by atoms with E-state index in [1.165, 1.54) is 6.92 Å². The molecule has 2 N–H and O–H groups in total. The SMILES string of the molecule is COc1ccc(C2=Cc3ccc(O)cc3CC2)c(NC(C)=O)c1. The van der Waals surface area contributed by atoms with Gasteiger partial charge in [0.15, 0.2) is 0 Å². The Labute approximate surface area is 135 Å². The van der Waals surface area contributed by atoms with Crippen LogP contribution in [0.4, 0.5) is 5.69 Å². The lowest BCUT2D eigenvalue weighted by Gasteiger charge is -2.20. The van der Waals surface area contributed by atoms with Crippen LogP contribution in [0.25, 0.3) is 11.6 Å². The van der Waals surface area contributed by atoms with Crippen LogP contribution >= 0.6 is 0 Å². The minimum absolute atomic E-state index is 0.110. The van der Waals surface area contributed by atoms with Crippen LogP contribution < -0.4 is 10.1 Å². The van der Waals surface area contributed by atoms with Crippen LogP contribution in [0, 0.1) is 0 Å². The van der Waals surface area contributed by atoms with Crippen molar-refractivity contribution in [3.63, 3.8) is 0 Å². The molecule has 1 amide bonds. The van der Waals surface area contributed by atoms with Crippen LogP contribution in [0.3, 0.4) is 0 Å². The molecular weight excluding hydrogens is 290 g/mol. The number of aryl methyl sites for hydroxylation is 1. The predicted octanol–water partition coefficient (Wildman–Crippen LogP) is 3.85. The van der Waals surface area contributed by atoms with E-state index in [1.54, 1.807) is 13.2 Å². The third-order valence-corrected chi connectivity index (χ3v) is 4.00. The Morgan fingerprint density at radius 3 is 2.74 bits per heavy atom. The van der Waals surface area contributed by atoms with E-state index in [4.69, 9.17) is 4.74 Å². The summed E-state index contributed by atoms with van der Waals surface area (Å²) < 4.78 is 5.25. The van der Waals surface area contributed by atoms with E-state index >= 15 is 0 Å². The number of carbonyl (C=O) groups excluding carboxylic acids is 1. The van der Waals surface area contributed by atoms with Gasteiger partial charge in [-0.2, -0.15) is 0 Å². The lowest BCUT2D eigenvalue weighted by atomic mass is 9.88. The van der Waals surface area contributed by atoms with Gasteiger partial charge in [-0.1, -0.05) is 12.1 Å². The van der Waals surface area contributed by atoms with Gasteiger partial charge < -0.3 is 15.2 Å². The molecule has 0 aromatic heterocycles. The second-order valence-electron chi connectivity index (χ2n) is 5.65. The number of amides is 1. The number of fused-ring (bicyclic) bond motifs is 1. The van der Waals surface area contributed by atoms with Crippen LogP contribution in [0.15, 0.2) is 36.4 Å². The van der Waals surface area contributed by atoms with Gasteiger partial charge in [0, 0.05) is 18.6 Å². The van der Waals surface area contributed by atoms with Crippen molar-refractivity contribution in [2.45, 2.75) is 19.8 Å². The van der Waals surface area contributed by atoms with Crippen LogP contribution in [-0.4, -0.2) is 18.1 Å². The summed E-state index contributed by atoms with van der Waals surface area (Å²) in [5.41, 5.74) is 5.16. The zero-order valence-electron chi connectivity index (χ0n) is 13.2. The average molecular weight is 309 g/mol. The maximum Gasteiger partial charge on any atom is 0.221 e. The summed E-state index contributed by atoms with van der Waals surface area (Å²) in [5.74, 6) is 0.893. The summed E-state index contributed by atoms with van der Waals surface area (Å²) >= 11 is 0. The van der Waals surface area contributed by atoms with E-state index < -0.39 is 0 Å². The van der Waals surface area contributed by atoms with Gasteiger partial charge in [0.25, 0.3) is 0 Å². The molecule has 118 valence electrons. The van der Waals surface area contributed by atoms with Gasteiger partial charge in [-0.05, 0) is 53.8 Å². The summed E-state index contributed by atoms with van der Waals surface area (Å²) in [6.07, 6.45) is 3.84. The fourth-order valence-corrected chi connectivity index (χ4v) is 2.91. The molecule has 2 aromatic rings. The maximum absolute atomic E-state index is 11.5. The molecule has 4 heteroatoms. The van der Waals surface area contributed by atoms with Crippen molar-refractivity contribution >= 4 is 23.2 Å². The number of phenolic OH excluding ortho intramolecular Hbond substituents is 1. The Kier molecular flexibility index (Phi) is 4.06. The van der Waals surface area contributed by atoms with E-state index in [2.05, 4.69) is 11.4 Å². The summed E-state index contributed by atoms with van der Waals surface area (Å²) in [7, 11) is 1.61. The first kappa shape index (κ1) is 15.2. The molecule has 0 radical (unpaired) electrons. The molecule has 0 spiro atoms. The van der Waals surface area contributed by atoms with Crippen molar-refractivity contribution in [2.24, 2.45) is 0 Å². The molecule has 0 bridgehead atoms. The average Bonchev–Trinajstić information content (AvgIpc) is 2.53. The van der Waals surface area contributed by atoms with Gasteiger partial charge in [-0.25, -0.2) is 0 Å². The minimum Gasteiger partial charge on any atom is -0.508 e. The number of nitrogens with one attached hydrogen (secondary N) is 1. The Morgan fingerprint density at radius 1 is 1.17 bits per heavy atom. The van der Waals surface area contributed by atoms with Gasteiger partial charge in [0.05, 0.1) is 12.8 Å². The van der Waals surface area contributed by atoms with E-state index in [1.807, 2.05) is 30.3 Å². The summed E-state index contributed by atoms with van der Waals surface area (Å²) in [4.78, 5) is 11.5. The standard InChI is InChI=1S/C19H19NO3/c1-12(21)20-19-11-17(23-2)7-8-18(19)15-4-3-14-10-16(22)6-5-13(14)9-15/h5-11,22H,3-4H2,1-2H3,(H,20,21). The number of benzene rings is 2. The van der Waals surface area contributed by atoms with Gasteiger partial charge in [-0.15, -0.1) is 0 Å². The second-order valence-corrected chi connectivity index (χ2v) is 5.65. The molecule has 0 saturated carbocycles. The second kappa shape index (κ2) is 6.16. The number of methoxy groups -OCH3 is 1. The highest BCUT2D eigenvalue weighted by atomic mass is 16.5.